The number of halogens is 2. The molecule has 1 aromatic carbocycles. The van der Waals surface area contributed by atoms with Crippen molar-refractivity contribution in [3.8, 4) is 11.5 Å². The van der Waals surface area contributed by atoms with Gasteiger partial charge in [-0.15, -0.1) is 0 Å². The Labute approximate surface area is 241 Å². The lowest BCUT2D eigenvalue weighted by Gasteiger charge is -2.16. The van der Waals surface area contributed by atoms with Crippen LogP contribution in [-0.4, -0.2) is 13.2 Å². The molecule has 36 heavy (non-hydrogen) atoms. The van der Waals surface area contributed by atoms with E-state index in [9.17, 15) is 0 Å². The van der Waals surface area contributed by atoms with E-state index in [1.807, 2.05) is 0 Å². The van der Waals surface area contributed by atoms with Crippen LogP contribution in [-0.2, 0) is 10.7 Å². The molecule has 0 radical (unpaired) electrons. The van der Waals surface area contributed by atoms with E-state index in [1.165, 1.54) is 127 Å². The number of hydrogen-bond acceptors (Lipinski definition) is 2. The third-order valence-corrected chi connectivity index (χ3v) is 8.25. The van der Waals surface area contributed by atoms with Crippen molar-refractivity contribution in [1.82, 2.24) is 0 Å². The van der Waals surface area contributed by atoms with Crippen LogP contribution in [0.5, 0.6) is 11.5 Å². The number of rotatable bonds is 26. The molecule has 0 saturated heterocycles. The summed E-state index contributed by atoms with van der Waals surface area (Å²) >= 11 is 7.30. The molecule has 0 aromatic heterocycles. The van der Waals surface area contributed by atoms with Crippen molar-refractivity contribution in [3.05, 3.63) is 23.3 Å². The zero-order valence-electron chi connectivity index (χ0n) is 23.7. The predicted molar refractivity (Wildman–Crippen MR) is 166 cm³/mol. The predicted octanol–water partition coefficient (Wildman–Crippen LogP) is 12.1. The van der Waals surface area contributed by atoms with E-state index in [2.05, 4.69) is 57.8 Å². The Morgan fingerprint density at radius 1 is 0.444 bits per heavy atom. The highest BCUT2D eigenvalue weighted by atomic mass is 79.9. The molecule has 0 aliphatic rings. The molecule has 210 valence electrons. The maximum absolute atomic E-state index is 6.20. The summed E-state index contributed by atoms with van der Waals surface area (Å²) in [6.07, 6.45) is 27.0. The number of unbranched alkanes of at least 4 members (excludes halogenated alkanes) is 18. The highest BCUT2D eigenvalue weighted by Crippen LogP contribution is 2.32. The van der Waals surface area contributed by atoms with E-state index in [0.717, 1.165) is 48.2 Å². The molecule has 1 rings (SSSR count). The standard InChI is InChI=1S/C32H56Br2O2/c1-3-5-7-9-11-13-15-17-19-21-23-35-31-25-30(28-34)32(26-29(31)27-33)36-24-22-20-18-16-14-12-10-8-6-4-2/h25-26H,3-24,27-28H2,1-2H3. The van der Waals surface area contributed by atoms with Crippen LogP contribution in [0.2, 0.25) is 0 Å². The van der Waals surface area contributed by atoms with Gasteiger partial charge in [-0.05, 0) is 25.0 Å². The van der Waals surface area contributed by atoms with E-state index < -0.39 is 0 Å². The molecule has 1 aromatic rings. The van der Waals surface area contributed by atoms with Crippen molar-refractivity contribution >= 4 is 31.9 Å². The van der Waals surface area contributed by atoms with Crippen molar-refractivity contribution in [2.24, 2.45) is 0 Å². The summed E-state index contributed by atoms with van der Waals surface area (Å²) in [7, 11) is 0. The fourth-order valence-electron chi connectivity index (χ4n) is 4.66. The summed E-state index contributed by atoms with van der Waals surface area (Å²) in [5, 5.41) is 1.58. The normalized spacial score (nSPS) is 11.2. The zero-order chi connectivity index (χ0) is 26.1. The lowest BCUT2D eigenvalue weighted by atomic mass is 10.1. The second-order valence-electron chi connectivity index (χ2n) is 10.4. The van der Waals surface area contributed by atoms with Gasteiger partial charge in [-0.1, -0.05) is 161 Å². The molecule has 0 heterocycles. The second-order valence-corrected chi connectivity index (χ2v) is 11.5. The first kappa shape index (κ1) is 33.8. The van der Waals surface area contributed by atoms with E-state index in [0.29, 0.717) is 0 Å². The van der Waals surface area contributed by atoms with Gasteiger partial charge in [0.25, 0.3) is 0 Å². The first-order chi connectivity index (χ1) is 17.8. The highest BCUT2D eigenvalue weighted by Gasteiger charge is 2.11. The van der Waals surface area contributed by atoms with Crippen LogP contribution < -0.4 is 9.47 Å². The molecule has 0 N–H and O–H groups in total. The van der Waals surface area contributed by atoms with Gasteiger partial charge in [-0.3, -0.25) is 0 Å². The Morgan fingerprint density at radius 2 is 0.722 bits per heavy atom. The van der Waals surface area contributed by atoms with Crippen molar-refractivity contribution in [2.75, 3.05) is 13.2 Å². The SMILES string of the molecule is CCCCCCCCCCCCOc1cc(CBr)c(OCCCCCCCCCCCC)cc1CBr. The van der Waals surface area contributed by atoms with Gasteiger partial charge in [0.1, 0.15) is 11.5 Å². The van der Waals surface area contributed by atoms with Crippen molar-refractivity contribution in [1.29, 1.82) is 0 Å². The summed E-state index contributed by atoms with van der Waals surface area (Å²) in [4.78, 5) is 0. The van der Waals surface area contributed by atoms with Crippen LogP contribution >= 0.6 is 31.9 Å². The van der Waals surface area contributed by atoms with Crippen LogP contribution in [0.1, 0.15) is 153 Å². The van der Waals surface area contributed by atoms with Crippen LogP contribution in [0.4, 0.5) is 0 Å². The average Bonchev–Trinajstić information content (AvgIpc) is 2.90. The molecule has 0 amide bonds. The molecule has 0 spiro atoms. The summed E-state index contributed by atoms with van der Waals surface area (Å²) in [6, 6.07) is 4.35. The number of ether oxygens (including phenoxy) is 2. The minimum Gasteiger partial charge on any atom is -0.493 e. The molecule has 0 fully saturated rings. The molecule has 0 atom stereocenters. The van der Waals surface area contributed by atoms with Gasteiger partial charge in [-0.2, -0.15) is 0 Å². The van der Waals surface area contributed by atoms with E-state index in [4.69, 9.17) is 9.47 Å². The zero-order valence-corrected chi connectivity index (χ0v) is 26.9. The summed E-state index contributed by atoms with van der Waals surface area (Å²) < 4.78 is 12.4. The molecule has 4 heteroatoms. The van der Waals surface area contributed by atoms with E-state index in [1.54, 1.807) is 0 Å². The average molecular weight is 633 g/mol. The summed E-state index contributed by atoms with van der Waals surface area (Å²) in [5.41, 5.74) is 2.37. The van der Waals surface area contributed by atoms with Crippen molar-refractivity contribution in [2.45, 2.75) is 153 Å². The van der Waals surface area contributed by atoms with Gasteiger partial charge >= 0.3 is 0 Å². The minimum atomic E-state index is 0.789. The van der Waals surface area contributed by atoms with Gasteiger partial charge in [0, 0.05) is 21.8 Å². The molecule has 0 aliphatic heterocycles. The van der Waals surface area contributed by atoms with Gasteiger partial charge in [-0.25, -0.2) is 0 Å². The number of hydrogen-bond donors (Lipinski definition) is 0. The largest absolute Gasteiger partial charge is 0.493 e. The third kappa shape index (κ3) is 17.3. The Morgan fingerprint density at radius 3 is 1.00 bits per heavy atom. The highest BCUT2D eigenvalue weighted by molar-refractivity contribution is 9.08. The first-order valence-electron chi connectivity index (χ1n) is 15.3. The second kappa shape index (κ2) is 25.1. The topological polar surface area (TPSA) is 18.5 Å². The molecular formula is C32H56Br2O2. The fraction of sp³-hybridized carbons (Fsp3) is 0.812. The van der Waals surface area contributed by atoms with Crippen LogP contribution in [0.25, 0.3) is 0 Å². The molecule has 0 bridgehead atoms. The van der Waals surface area contributed by atoms with Crippen LogP contribution in [0.15, 0.2) is 12.1 Å². The number of benzene rings is 1. The number of alkyl halides is 2. The fourth-order valence-corrected chi connectivity index (χ4v) is 5.54. The Bertz CT molecular complexity index is 567. The van der Waals surface area contributed by atoms with Crippen molar-refractivity contribution < 1.29 is 9.47 Å². The lowest BCUT2D eigenvalue weighted by molar-refractivity contribution is 0.293. The maximum Gasteiger partial charge on any atom is 0.123 e. The van der Waals surface area contributed by atoms with Gasteiger partial charge in [0.05, 0.1) is 13.2 Å². The van der Waals surface area contributed by atoms with E-state index in [-0.39, 0.29) is 0 Å². The monoisotopic (exact) mass is 630 g/mol. The Hall–Kier alpha value is -0.220. The quantitative estimate of drug-likeness (QED) is 0.0747. The third-order valence-electron chi connectivity index (χ3n) is 7.04. The smallest absolute Gasteiger partial charge is 0.123 e. The molecule has 0 aliphatic carbocycles. The maximum atomic E-state index is 6.20. The van der Waals surface area contributed by atoms with Gasteiger partial charge < -0.3 is 9.47 Å². The van der Waals surface area contributed by atoms with Crippen LogP contribution in [0, 0.1) is 0 Å². The minimum absolute atomic E-state index is 0.789. The molecular weight excluding hydrogens is 576 g/mol. The first-order valence-corrected chi connectivity index (χ1v) is 17.5. The Balaban J connectivity index is 2.23. The molecule has 0 unspecified atom stereocenters. The van der Waals surface area contributed by atoms with Crippen molar-refractivity contribution in [3.63, 3.8) is 0 Å². The van der Waals surface area contributed by atoms with Gasteiger partial charge in [0.15, 0.2) is 0 Å². The summed E-state index contributed by atoms with van der Waals surface area (Å²) in [5.74, 6) is 2.01. The van der Waals surface area contributed by atoms with Gasteiger partial charge in [0.2, 0.25) is 0 Å². The Kier molecular flexibility index (Phi) is 23.6. The molecule has 2 nitrogen and oxygen atoms in total. The lowest BCUT2D eigenvalue weighted by Crippen LogP contribution is -2.04. The molecule has 0 saturated carbocycles. The van der Waals surface area contributed by atoms with Crippen LogP contribution in [0.3, 0.4) is 0 Å². The van der Waals surface area contributed by atoms with E-state index >= 15 is 0 Å². The summed E-state index contributed by atoms with van der Waals surface area (Å²) in [6.45, 7) is 6.17.